The Bertz CT molecular complexity index is 1230. The molecular weight excluding hydrogens is 454 g/mol. The summed E-state index contributed by atoms with van der Waals surface area (Å²) >= 11 is 0. The molecule has 2 aromatic carbocycles. The normalized spacial score (nSPS) is 19.3. The Morgan fingerprint density at radius 1 is 1.09 bits per heavy atom. The minimum absolute atomic E-state index is 0.0889. The lowest BCUT2D eigenvalue weighted by molar-refractivity contribution is -0.118. The minimum atomic E-state index is -3.79. The molecule has 1 aliphatic heterocycles. The van der Waals surface area contributed by atoms with E-state index in [0.717, 1.165) is 5.56 Å². The molecule has 1 aliphatic rings. The van der Waals surface area contributed by atoms with Crippen molar-refractivity contribution in [3.63, 3.8) is 0 Å². The molecule has 1 fully saturated rings. The number of amides is 2. The third kappa shape index (κ3) is 5.80. The zero-order valence-corrected chi connectivity index (χ0v) is 20.5. The van der Waals surface area contributed by atoms with Gasteiger partial charge in [0.2, 0.25) is 21.8 Å². The van der Waals surface area contributed by atoms with Gasteiger partial charge < -0.3 is 10.6 Å². The molecule has 0 saturated carbocycles. The summed E-state index contributed by atoms with van der Waals surface area (Å²) in [5, 5.41) is 14.7. The molecule has 0 spiro atoms. The molecule has 0 radical (unpaired) electrons. The van der Waals surface area contributed by atoms with E-state index in [1.165, 1.54) is 23.4 Å². The molecule has 2 atom stereocenters. The molecular formula is C24H29N5O4S. The zero-order chi connectivity index (χ0) is 25.0. The molecule has 1 saturated heterocycles. The number of carbonyl (C=O) groups excluding carboxylic acids is 2. The lowest BCUT2D eigenvalue weighted by atomic mass is 10.1. The van der Waals surface area contributed by atoms with Crippen molar-refractivity contribution in [3.05, 3.63) is 53.6 Å². The van der Waals surface area contributed by atoms with Crippen molar-refractivity contribution in [3.8, 4) is 6.07 Å². The fourth-order valence-corrected chi connectivity index (χ4v) is 6.15. The van der Waals surface area contributed by atoms with Gasteiger partial charge in [-0.05, 0) is 56.7 Å². The van der Waals surface area contributed by atoms with Gasteiger partial charge in [-0.25, -0.2) is 8.42 Å². The third-order valence-electron chi connectivity index (χ3n) is 5.65. The number of hydrogen-bond acceptors (Lipinski definition) is 6. The average molecular weight is 484 g/mol. The van der Waals surface area contributed by atoms with Crippen LogP contribution in [0.25, 0.3) is 0 Å². The highest BCUT2D eigenvalue weighted by Crippen LogP contribution is 2.26. The Morgan fingerprint density at radius 3 is 2.38 bits per heavy atom. The maximum atomic E-state index is 13.3. The van der Waals surface area contributed by atoms with E-state index in [-0.39, 0.29) is 40.9 Å². The van der Waals surface area contributed by atoms with Gasteiger partial charge in [0, 0.05) is 43.5 Å². The van der Waals surface area contributed by atoms with Crippen molar-refractivity contribution in [2.45, 2.75) is 44.7 Å². The van der Waals surface area contributed by atoms with Gasteiger partial charge in [-0.15, -0.1) is 0 Å². The van der Waals surface area contributed by atoms with Gasteiger partial charge in [0.05, 0.1) is 23.1 Å². The van der Waals surface area contributed by atoms with Crippen molar-refractivity contribution in [2.75, 3.05) is 30.3 Å². The average Bonchev–Trinajstić information content (AvgIpc) is 2.75. The van der Waals surface area contributed by atoms with Crippen molar-refractivity contribution >= 4 is 33.2 Å². The van der Waals surface area contributed by atoms with Gasteiger partial charge in [-0.2, -0.15) is 9.57 Å². The molecule has 34 heavy (non-hydrogen) atoms. The molecule has 0 aliphatic carbocycles. The van der Waals surface area contributed by atoms with Gasteiger partial charge in [0.15, 0.2) is 0 Å². The molecule has 2 aromatic rings. The number of nitrogens with zero attached hydrogens (tertiary/aromatic N) is 3. The van der Waals surface area contributed by atoms with E-state index >= 15 is 0 Å². The van der Waals surface area contributed by atoms with Crippen LogP contribution in [0.4, 0.5) is 11.4 Å². The Hall–Kier alpha value is -3.26. The molecule has 2 N–H and O–H groups in total. The molecule has 0 unspecified atom stereocenters. The van der Waals surface area contributed by atoms with E-state index in [1.54, 1.807) is 24.3 Å². The molecule has 180 valence electrons. The third-order valence-corrected chi connectivity index (χ3v) is 7.78. The van der Waals surface area contributed by atoms with E-state index in [4.69, 9.17) is 5.26 Å². The van der Waals surface area contributed by atoms with Crippen LogP contribution in [0.2, 0.25) is 0 Å². The minimum Gasteiger partial charge on any atom is -0.326 e. The molecule has 1 heterocycles. The van der Waals surface area contributed by atoms with Crippen LogP contribution >= 0.6 is 0 Å². The fourth-order valence-electron chi connectivity index (χ4n) is 4.30. The quantitative estimate of drug-likeness (QED) is 0.651. The van der Waals surface area contributed by atoms with Crippen LogP contribution in [0.1, 0.15) is 31.9 Å². The van der Waals surface area contributed by atoms with Crippen molar-refractivity contribution in [1.82, 2.24) is 9.21 Å². The zero-order valence-electron chi connectivity index (χ0n) is 19.7. The summed E-state index contributed by atoms with van der Waals surface area (Å²) in [4.78, 5) is 26.1. The highest BCUT2D eigenvalue weighted by atomic mass is 32.2. The smallest absolute Gasteiger partial charge is 0.243 e. The SMILES string of the molecule is CC(=O)Nc1ccc(C)c(NC(=O)CN2C[C@@H](C)N(S(=O)(=O)c3cccc(C#N)c3)[C@@H](C)C2)c1. The lowest BCUT2D eigenvalue weighted by Gasteiger charge is -2.43. The summed E-state index contributed by atoms with van der Waals surface area (Å²) in [6, 6.07) is 12.5. The van der Waals surface area contributed by atoms with Gasteiger partial charge in [0.1, 0.15) is 0 Å². The summed E-state index contributed by atoms with van der Waals surface area (Å²) in [5.74, 6) is -0.420. The number of benzene rings is 2. The summed E-state index contributed by atoms with van der Waals surface area (Å²) in [7, 11) is -3.79. The summed E-state index contributed by atoms with van der Waals surface area (Å²) in [6.45, 7) is 7.79. The molecule has 3 rings (SSSR count). The van der Waals surface area contributed by atoms with Crippen LogP contribution in [0, 0.1) is 18.3 Å². The number of carbonyl (C=O) groups is 2. The molecule has 10 heteroatoms. The molecule has 0 bridgehead atoms. The van der Waals surface area contributed by atoms with Crippen LogP contribution in [-0.2, 0) is 19.6 Å². The second kappa shape index (κ2) is 10.3. The van der Waals surface area contributed by atoms with E-state index in [2.05, 4.69) is 10.6 Å². The molecule has 2 amide bonds. The van der Waals surface area contributed by atoms with Crippen LogP contribution in [0.3, 0.4) is 0 Å². The van der Waals surface area contributed by atoms with Gasteiger partial charge in [-0.1, -0.05) is 12.1 Å². The van der Waals surface area contributed by atoms with Gasteiger partial charge in [0.25, 0.3) is 0 Å². The summed E-state index contributed by atoms with van der Waals surface area (Å²) < 4.78 is 28.0. The highest BCUT2D eigenvalue weighted by molar-refractivity contribution is 7.89. The first-order chi connectivity index (χ1) is 16.0. The Balaban J connectivity index is 1.68. The number of nitriles is 1. The van der Waals surface area contributed by atoms with Crippen molar-refractivity contribution in [1.29, 1.82) is 5.26 Å². The fraction of sp³-hybridized carbons (Fsp3) is 0.375. The van der Waals surface area contributed by atoms with Crippen LogP contribution in [0.15, 0.2) is 47.4 Å². The Morgan fingerprint density at radius 2 is 1.76 bits per heavy atom. The van der Waals surface area contributed by atoms with Gasteiger partial charge in [-0.3, -0.25) is 14.5 Å². The van der Waals surface area contributed by atoms with E-state index in [9.17, 15) is 18.0 Å². The second-order valence-corrected chi connectivity index (χ2v) is 10.5. The largest absolute Gasteiger partial charge is 0.326 e. The van der Waals surface area contributed by atoms with E-state index in [1.807, 2.05) is 37.8 Å². The standard InChI is InChI=1S/C24H29N5O4S/c1-16-8-9-21(26-19(4)30)11-23(16)27-24(31)15-28-13-17(2)29(18(3)14-28)34(32,33)22-7-5-6-20(10-22)12-25/h5-11,17-18H,13-15H2,1-4H3,(H,26,30)(H,27,31)/t17-,18+. The summed E-state index contributed by atoms with van der Waals surface area (Å²) in [5.41, 5.74) is 2.35. The first-order valence-electron chi connectivity index (χ1n) is 11.0. The maximum absolute atomic E-state index is 13.3. The predicted octanol–water partition coefficient (Wildman–Crippen LogP) is 2.55. The number of rotatable bonds is 6. The number of hydrogen-bond donors (Lipinski definition) is 2. The van der Waals surface area contributed by atoms with E-state index in [0.29, 0.717) is 24.5 Å². The first-order valence-corrected chi connectivity index (χ1v) is 12.4. The number of nitrogens with one attached hydrogen (secondary N) is 2. The molecule has 9 nitrogen and oxygen atoms in total. The van der Waals surface area contributed by atoms with Crippen molar-refractivity contribution in [2.24, 2.45) is 0 Å². The number of anilines is 2. The highest BCUT2D eigenvalue weighted by Gasteiger charge is 2.38. The second-order valence-electron chi connectivity index (χ2n) is 8.63. The number of aryl methyl sites for hydroxylation is 1. The first kappa shape index (κ1) is 25.4. The maximum Gasteiger partial charge on any atom is 0.243 e. The van der Waals surface area contributed by atoms with Crippen LogP contribution < -0.4 is 10.6 Å². The predicted molar refractivity (Wildman–Crippen MR) is 130 cm³/mol. The molecule has 0 aromatic heterocycles. The Kier molecular flexibility index (Phi) is 7.71. The lowest BCUT2D eigenvalue weighted by Crippen LogP contribution is -2.59. The number of sulfonamides is 1. The topological polar surface area (TPSA) is 123 Å². The van der Waals surface area contributed by atoms with Crippen LogP contribution in [0.5, 0.6) is 0 Å². The number of piperazine rings is 1. The van der Waals surface area contributed by atoms with E-state index < -0.39 is 10.0 Å². The monoisotopic (exact) mass is 483 g/mol. The summed E-state index contributed by atoms with van der Waals surface area (Å²) in [6.07, 6.45) is 0. The van der Waals surface area contributed by atoms with Crippen LogP contribution in [-0.4, -0.2) is 61.2 Å². The van der Waals surface area contributed by atoms with Crippen molar-refractivity contribution < 1.29 is 18.0 Å². The van der Waals surface area contributed by atoms with Gasteiger partial charge >= 0.3 is 0 Å². The Labute approximate surface area is 200 Å².